The number of hydrogen-bond acceptors (Lipinski definition) is 3. The van der Waals surface area contributed by atoms with E-state index in [1.807, 2.05) is 22.9 Å². The molecule has 2 aliphatic heterocycles. The van der Waals surface area contributed by atoms with Crippen molar-refractivity contribution in [3.05, 3.63) is 12.3 Å². The first-order valence-electron chi connectivity index (χ1n) is 6.34. The Balaban J connectivity index is 2.24. The number of β-lactam (4-membered cyclic amide) rings is 1. The number of carbonyl (C=O) groups excluding carboxylic acids is 1. The van der Waals surface area contributed by atoms with E-state index >= 15 is 0 Å². The molecule has 1 amide bonds. The van der Waals surface area contributed by atoms with Crippen molar-refractivity contribution in [2.75, 3.05) is 19.3 Å². The molecule has 3 nitrogen and oxygen atoms in total. The SMILES string of the molecule is CCC/C=C/N1C(=O)C(C)(C)C12SCCN2C. The maximum atomic E-state index is 12.2. The molecular weight excluding hydrogens is 232 g/mol. The average Bonchev–Trinajstić information content (AvgIpc) is 2.68. The normalized spacial score (nSPS) is 32.7. The Labute approximate surface area is 108 Å². The largest absolute Gasteiger partial charge is 0.289 e. The highest BCUT2D eigenvalue weighted by Gasteiger charge is 2.69. The third-order valence-corrected chi connectivity index (χ3v) is 5.66. The summed E-state index contributed by atoms with van der Waals surface area (Å²) in [6, 6.07) is 0. The molecule has 0 saturated carbocycles. The molecule has 1 atom stereocenters. The van der Waals surface area contributed by atoms with E-state index in [9.17, 15) is 4.79 Å². The predicted octanol–water partition coefficient (Wildman–Crippen LogP) is 2.50. The fourth-order valence-electron chi connectivity index (χ4n) is 2.84. The Kier molecular flexibility index (Phi) is 3.29. The van der Waals surface area contributed by atoms with Crippen LogP contribution in [0.2, 0.25) is 0 Å². The molecular formula is C13H22N2OS. The fraction of sp³-hybridized carbons (Fsp3) is 0.769. The molecule has 0 aliphatic carbocycles. The van der Waals surface area contributed by atoms with E-state index < -0.39 is 0 Å². The summed E-state index contributed by atoms with van der Waals surface area (Å²) in [5.41, 5.74) is -0.278. The van der Waals surface area contributed by atoms with Gasteiger partial charge < -0.3 is 0 Å². The smallest absolute Gasteiger partial charge is 0.239 e. The maximum absolute atomic E-state index is 12.2. The van der Waals surface area contributed by atoms with Gasteiger partial charge in [-0.2, -0.15) is 0 Å². The van der Waals surface area contributed by atoms with Gasteiger partial charge in [-0.3, -0.25) is 14.6 Å². The Morgan fingerprint density at radius 2 is 2.18 bits per heavy atom. The quantitative estimate of drug-likeness (QED) is 0.723. The molecule has 0 bridgehead atoms. The van der Waals surface area contributed by atoms with Gasteiger partial charge in [-0.05, 0) is 27.3 Å². The molecule has 96 valence electrons. The van der Waals surface area contributed by atoms with Gasteiger partial charge in [0.25, 0.3) is 0 Å². The van der Waals surface area contributed by atoms with Crippen LogP contribution < -0.4 is 0 Å². The zero-order valence-corrected chi connectivity index (χ0v) is 12.0. The summed E-state index contributed by atoms with van der Waals surface area (Å²) in [5.74, 6) is 1.34. The summed E-state index contributed by atoms with van der Waals surface area (Å²) in [4.78, 5) is 16.3. The third-order valence-electron chi connectivity index (χ3n) is 3.85. The standard InChI is InChI=1S/C13H22N2OS/c1-5-6-7-8-15-11(16)12(2,3)13(15)14(4)9-10-17-13/h7-8H,5-6,9-10H2,1-4H3/b8-7+. The molecule has 0 aromatic heterocycles. The van der Waals surface area contributed by atoms with Crippen LogP contribution in [-0.2, 0) is 4.79 Å². The fourth-order valence-corrected chi connectivity index (χ4v) is 4.53. The zero-order valence-electron chi connectivity index (χ0n) is 11.2. The number of rotatable bonds is 3. The van der Waals surface area contributed by atoms with Gasteiger partial charge in [0.05, 0.1) is 5.41 Å². The summed E-state index contributed by atoms with van der Waals surface area (Å²) in [5, 5.41) is 0. The van der Waals surface area contributed by atoms with E-state index in [1.54, 1.807) is 0 Å². The van der Waals surface area contributed by atoms with Gasteiger partial charge >= 0.3 is 0 Å². The number of hydrogen-bond donors (Lipinski definition) is 0. The van der Waals surface area contributed by atoms with Crippen molar-refractivity contribution < 1.29 is 4.79 Å². The van der Waals surface area contributed by atoms with Crippen molar-refractivity contribution in [1.29, 1.82) is 0 Å². The van der Waals surface area contributed by atoms with E-state index in [-0.39, 0.29) is 16.3 Å². The average molecular weight is 254 g/mol. The predicted molar refractivity (Wildman–Crippen MR) is 72.5 cm³/mol. The molecule has 4 heteroatoms. The summed E-state index contributed by atoms with van der Waals surface area (Å²) in [7, 11) is 2.12. The van der Waals surface area contributed by atoms with Crippen LogP contribution in [-0.4, -0.2) is 40.0 Å². The minimum absolute atomic E-state index is 0.145. The van der Waals surface area contributed by atoms with Gasteiger partial charge in [-0.25, -0.2) is 0 Å². The van der Waals surface area contributed by atoms with Gasteiger partial charge in [-0.15, -0.1) is 11.8 Å². The van der Waals surface area contributed by atoms with E-state index in [1.165, 1.54) is 0 Å². The Morgan fingerprint density at radius 1 is 1.47 bits per heavy atom. The first-order chi connectivity index (χ1) is 7.98. The first-order valence-corrected chi connectivity index (χ1v) is 7.32. The summed E-state index contributed by atoms with van der Waals surface area (Å²) in [6.07, 6.45) is 6.26. The number of allylic oxidation sites excluding steroid dienone is 1. The summed E-state index contributed by atoms with van der Waals surface area (Å²) in [6.45, 7) is 7.33. The third kappa shape index (κ3) is 1.57. The molecule has 1 unspecified atom stereocenters. The highest BCUT2D eigenvalue weighted by atomic mass is 32.2. The summed E-state index contributed by atoms with van der Waals surface area (Å²) < 4.78 is 0. The topological polar surface area (TPSA) is 23.6 Å². The van der Waals surface area contributed by atoms with E-state index in [2.05, 4.69) is 38.8 Å². The number of likely N-dealkylation sites (tertiary alicyclic amines) is 1. The maximum Gasteiger partial charge on any atom is 0.239 e. The molecule has 0 aromatic rings. The lowest BCUT2D eigenvalue weighted by Crippen LogP contribution is -2.76. The molecule has 2 rings (SSSR count). The molecule has 0 N–H and O–H groups in total. The van der Waals surface area contributed by atoms with Crippen LogP contribution in [0.4, 0.5) is 0 Å². The Bertz CT molecular complexity index is 353. The minimum Gasteiger partial charge on any atom is -0.289 e. The van der Waals surface area contributed by atoms with Crippen LogP contribution in [0.15, 0.2) is 12.3 Å². The zero-order chi connectivity index (χ0) is 12.7. The Hall–Kier alpha value is -0.480. The van der Waals surface area contributed by atoms with Crippen LogP contribution in [0.5, 0.6) is 0 Å². The van der Waals surface area contributed by atoms with Crippen LogP contribution in [0.1, 0.15) is 33.6 Å². The number of thioether (sulfide) groups is 1. The highest BCUT2D eigenvalue weighted by molar-refractivity contribution is 8.01. The molecule has 0 radical (unpaired) electrons. The van der Waals surface area contributed by atoms with Crippen molar-refractivity contribution in [2.24, 2.45) is 5.41 Å². The number of amides is 1. The number of unbranched alkanes of at least 4 members (excludes halogenated alkanes) is 1. The molecule has 0 aromatic carbocycles. The number of nitrogens with zero attached hydrogens (tertiary/aromatic N) is 2. The van der Waals surface area contributed by atoms with Gasteiger partial charge in [0.1, 0.15) is 0 Å². The Morgan fingerprint density at radius 3 is 2.71 bits per heavy atom. The molecule has 1 spiro atoms. The van der Waals surface area contributed by atoms with E-state index in [0.29, 0.717) is 0 Å². The highest BCUT2D eigenvalue weighted by Crippen LogP contribution is 2.58. The van der Waals surface area contributed by atoms with Crippen molar-refractivity contribution in [3.8, 4) is 0 Å². The van der Waals surface area contributed by atoms with Crippen LogP contribution in [0.3, 0.4) is 0 Å². The number of carbonyl (C=O) groups is 1. The van der Waals surface area contributed by atoms with E-state index in [0.717, 1.165) is 25.1 Å². The molecule has 2 heterocycles. The minimum atomic E-state index is -0.278. The van der Waals surface area contributed by atoms with Crippen molar-refractivity contribution in [2.45, 2.75) is 38.6 Å². The lowest BCUT2D eigenvalue weighted by atomic mass is 9.77. The van der Waals surface area contributed by atoms with E-state index in [4.69, 9.17) is 0 Å². The second kappa shape index (κ2) is 4.32. The van der Waals surface area contributed by atoms with Crippen LogP contribution >= 0.6 is 11.8 Å². The second-order valence-corrected chi connectivity index (χ2v) is 6.62. The van der Waals surface area contributed by atoms with Crippen LogP contribution in [0, 0.1) is 5.41 Å². The second-order valence-electron chi connectivity index (χ2n) is 5.35. The summed E-state index contributed by atoms with van der Waals surface area (Å²) >= 11 is 1.90. The van der Waals surface area contributed by atoms with Crippen LogP contribution in [0.25, 0.3) is 0 Å². The van der Waals surface area contributed by atoms with Crippen molar-refractivity contribution >= 4 is 17.7 Å². The van der Waals surface area contributed by atoms with Gasteiger partial charge in [-0.1, -0.05) is 19.4 Å². The van der Waals surface area contributed by atoms with Crippen molar-refractivity contribution in [1.82, 2.24) is 9.80 Å². The lowest BCUT2D eigenvalue weighted by Gasteiger charge is -2.61. The lowest BCUT2D eigenvalue weighted by molar-refractivity contribution is -0.182. The first kappa shape index (κ1) is 13.0. The molecule has 2 fully saturated rings. The van der Waals surface area contributed by atoms with Gasteiger partial charge in [0.15, 0.2) is 4.99 Å². The van der Waals surface area contributed by atoms with Gasteiger partial charge in [0.2, 0.25) is 5.91 Å². The molecule has 2 saturated heterocycles. The molecule has 17 heavy (non-hydrogen) atoms. The molecule has 2 aliphatic rings. The van der Waals surface area contributed by atoms with Crippen molar-refractivity contribution in [3.63, 3.8) is 0 Å². The monoisotopic (exact) mass is 254 g/mol. The van der Waals surface area contributed by atoms with Gasteiger partial charge in [0, 0.05) is 18.5 Å².